The number of phenols is 2. The molecule has 2 heterocycles. The van der Waals surface area contributed by atoms with E-state index in [9.17, 15) is 37.4 Å². The van der Waals surface area contributed by atoms with Crippen LogP contribution in [0, 0.1) is 23.3 Å². The molecule has 0 atom stereocenters. The minimum absolute atomic E-state index is 0.0476. The van der Waals surface area contributed by atoms with Gasteiger partial charge in [-0.15, -0.1) is 0 Å². The highest BCUT2D eigenvalue weighted by Crippen LogP contribution is 2.30. The molecular formula is C34H28F4O12. The summed E-state index contributed by atoms with van der Waals surface area (Å²) >= 11 is 0. The third kappa shape index (κ3) is 7.89. The molecule has 50 heavy (non-hydrogen) atoms. The van der Waals surface area contributed by atoms with Crippen molar-refractivity contribution < 1.29 is 65.0 Å². The number of hydrogen-bond acceptors (Lipinski definition) is 12. The summed E-state index contributed by atoms with van der Waals surface area (Å²) < 4.78 is 96.5. The van der Waals surface area contributed by atoms with E-state index in [2.05, 4.69) is 0 Å². The monoisotopic (exact) mass is 704 g/mol. The number of phenolic OH excluding ortho intramolecular Hbond substituents is 2. The first-order valence-electron chi connectivity index (χ1n) is 14.6. The summed E-state index contributed by atoms with van der Waals surface area (Å²) in [4.78, 5) is 24.8. The smallest absolute Gasteiger partial charge is 0.200 e. The number of hydrogen-bond donors (Lipinski definition) is 2. The summed E-state index contributed by atoms with van der Waals surface area (Å²) in [5.41, 5.74) is -1.20. The largest absolute Gasteiger partial charge is 0.505 e. The number of benzene rings is 4. The van der Waals surface area contributed by atoms with Gasteiger partial charge >= 0.3 is 0 Å². The van der Waals surface area contributed by atoms with Crippen LogP contribution in [0.3, 0.4) is 0 Å². The Bertz CT molecular complexity index is 2140. The first kappa shape index (κ1) is 35.9. The van der Waals surface area contributed by atoms with Gasteiger partial charge in [0.25, 0.3) is 0 Å². The second-order valence-electron chi connectivity index (χ2n) is 10.3. The molecule has 2 aromatic heterocycles. The van der Waals surface area contributed by atoms with Crippen molar-refractivity contribution in [1.82, 2.24) is 0 Å². The van der Waals surface area contributed by atoms with Crippen LogP contribution in [0.4, 0.5) is 17.6 Å². The molecule has 0 spiro atoms. The maximum absolute atomic E-state index is 14.3. The Balaban J connectivity index is 0.000000217. The predicted octanol–water partition coefficient (Wildman–Crippen LogP) is 5.86. The fourth-order valence-corrected chi connectivity index (χ4v) is 4.56. The molecule has 0 amide bonds. The van der Waals surface area contributed by atoms with Gasteiger partial charge in [-0.3, -0.25) is 9.59 Å². The van der Waals surface area contributed by atoms with E-state index in [1.165, 1.54) is 26.4 Å². The quantitative estimate of drug-likeness (QED) is 0.0679. The zero-order valence-electron chi connectivity index (χ0n) is 26.4. The molecule has 0 unspecified atom stereocenters. The molecular weight excluding hydrogens is 676 g/mol. The molecule has 16 heteroatoms. The minimum Gasteiger partial charge on any atom is -0.505 e. The molecule has 264 valence electrons. The number of ether oxygens (including phenoxy) is 6. The molecule has 0 aliphatic carbocycles. The van der Waals surface area contributed by atoms with Gasteiger partial charge in [0.15, 0.2) is 59.9 Å². The zero-order chi connectivity index (χ0) is 35.9. The summed E-state index contributed by atoms with van der Waals surface area (Å²) in [5, 5.41) is 18.1. The fraction of sp³-hybridized carbons (Fsp3) is 0.235. The van der Waals surface area contributed by atoms with Crippen LogP contribution >= 0.6 is 0 Å². The highest BCUT2D eigenvalue weighted by Gasteiger charge is 2.17. The van der Waals surface area contributed by atoms with Gasteiger partial charge in [0, 0.05) is 38.5 Å². The third-order valence-corrected chi connectivity index (χ3v) is 7.04. The number of halogens is 4. The lowest BCUT2D eigenvalue weighted by Gasteiger charge is -2.11. The Morgan fingerprint density at radius 2 is 0.860 bits per heavy atom. The van der Waals surface area contributed by atoms with Gasteiger partial charge in [0.2, 0.25) is 10.9 Å². The lowest BCUT2D eigenvalue weighted by molar-refractivity contribution is -0.0100. The molecule has 6 aromatic rings. The molecule has 0 radical (unpaired) electrons. The topological polar surface area (TPSA) is 156 Å². The highest BCUT2D eigenvalue weighted by atomic mass is 19.1. The molecule has 6 rings (SSSR count). The van der Waals surface area contributed by atoms with Gasteiger partial charge in [0.1, 0.15) is 22.3 Å². The van der Waals surface area contributed by atoms with Crippen molar-refractivity contribution in [3.63, 3.8) is 0 Å². The van der Waals surface area contributed by atoms with Crippen molar-refractivity contribution in [2.45, 2.75) is 0 Å². The Labute approximate surface area is 278 Å². The number of methoxy groups -OCH3 is 2. The standard InChI is InChI=1S/C21H22F2O8.C13H6F2O4/c1-25-3-5-27-11-29-19-9-17-13(7-15(19)22)21(24)14-8-16(23)20(10-18(14)31-17)30-12-28-6-4-26-2;14-7-1-5-11(3-9(7)16)19-12-4-10(17)8(15)2-6(12)13(5)18/h7-10H,3-6,11-12H2,1-2H3;1-4,16-17H. The first-order valence-corrected chi connectivity index (χ1v) is 14.6. The molecule has 4 aromatic carbocycles. The van der Waals surface area contributed by atoms with E-state index < -0.39 is 45.6 Å². The Hall–Kier alpha value is -5.42. The second-order valence-corrected chi connectivity index (χ2v) is 10.3. The molecule has 0 saturated heterocycles. The highest BCUT2D eigenvalue weighted by molar-refractivity contribution is 5.92. The van der Waals surface area contributed by atoms with Crippen LogP contribution in [0.5, 0.6) is 23.0 Å². The van der Waals surface area contributed by atoms with Crippen LogP contribution < -0.4 is 20.3 Å². The minimum atomic E-state index is -0.974. The van der Waals surface area contributed by atoms with Gasteiger partial charge in [-0.2, -0.15) is 0 Å². The van der Waals surface area contributed by atoms with Crippen molar-refractivity contribution in [2.75, 3.05) is 54.2 Å². The molecule has 0 aliphatic heterocycles. The van der Waals surface area contributed by atoms with E-state index in [1.807, 2.05) is 0 Å². The summed E-state index contributed by atoms with van der Waals surface area (Å²) in [7, 11) is 3.05. The Morgan fingerprint density at radius 3 is 1.22 bits per heavy atom. The fourth-order valence-electron chi connectivity index (χ4n) is 4.56. The van der Waals surface area contributed by atoms with E-state index >= 15 is 0 Å². The van der Waals surface area contributed by atoms with Gasteiger partial charge < -0.3 is 47.5 Å². The number of aromatic hydroxyl groups is 2. The van der Waals surface area contributed by atoms with Crippen LogP contribution in [-0.2, 0) is 18.9 Å². The number of fused-ring (bicyclic) bond motifs is 4. The van der Waals surface area contributed by atoms with E-state index in [0.717, 1.165) is 36.4 Å². The normalized spacial score (nSPS) is 11.3. The summed E-state index contributed by atoms with van der Waals surface area (Å²) in [5.74, 6) is -5.14. The summed E-state index contributed by atoms with van der Waals surface area (Å²) in [6, 6.07) is 7.99. The van der Waals surface area contributed by atoms with Crippen LogP contribution in [0.2, 0.25) is 0 Å². The van der Waals surface area contributed by atoms with Crippen molar-refractivity contribution in [3.8, 4) is 23.0 Å². The predicted molar refractivity (Wildman–Crippen MR) is 170 cm³/mol. The summed E-state index contributed by atoms with van der Waals surface area (Å²) in [6.45, 7) is 0.848. The zero-order valence-corrected chi connectivity index (χ0v) is 26.4. The molecule has 0 fully saturated rings. The van der Waals surface area contributed by atoms with Crippen LogP contribution in [0.15, 0.2) is 67.0 Å². The van der Waals surface area contributed by atoms with Gasteiger partial charge in [-0.25, -0.2) is 17.6 Å². The van der Waals surface area contributed by atoms with Crippen molar-refractivity contribution in [1.29, 1.82) is 0 Å². The van der Waals surface area contributed by atoms with Crippen LogP contribution in [-0.4, -0.2) is 64.4 Å². The Kier molecular flexibility index (Phi) is 11.4. The van der Waals surface area contributed by atoms with Crippen LogP contribution in [0.1, 0.15) is 0 Å². The van der Waals surface area contributed by atoms with Crippen molar-refractivity contribution >= 4 is 43.9 Å². The van der Waals surface area contributed by atoms with Crippen molar-refractivity contribution in [2.24, 2.45) is 0 Å². The molecule has 0 saturated carbocycles. The average Bonchev–Trinajstić information content (AvgIpc) is 3.08. The lowest BCUT2D eigenvalue weighted by Crippen LogP contribution is -2.10. The van der Waals surface area contributed by atoms with E-state index in [-0.39, 0.29) is 82.2 Å². The second kappa shape index (κ2) is 15.9. The Morgan fingerprint density at radius 1 is 0.520 bits per heavy atom. The van der Waals surface area contributed by atoms with Crippen LogP contribution in [0.25, 0.3) is 43.9 Å². The molecule has 2 N–H and O–H groups in total. The van der Waals surface area contributed by atoms with Crippen molar-refractivity contribution in [3.05, 3.63) is 92.2 Å². The molecule has 0 aliphatic rings. The maximum Gasteiger partial charge on any atom is 0.200 e. The number of rotatable bonds is 12. The van der Waals surface area contributed by atoms with E-state index in [1.54, 1.807) is 0 Å². The maximum atomic E-state index is 14.3. The average molecular weight is 705 g/mol. The summed E-state index contributed by atoms with van der Waals surface area (Å²) in [6.07, 6.45) is 0. The van der Waals surface area contributed by atoms with Gasteiger partial charge in [0.05, 0.1) is 48.0 Å². The lowest BCUT2D eigenvalue weighted by atomic mass is 10.1. The first-order chi connectivity index (χ1) is 24.0. The third-order valence-electron chi connectivity index (χ3n) is 7.04. The van der Waals surface area contributed by atoms with Gasteiger partial charge in [-0.05, 0) is 24.3 Å². The SMILES string of the molecule is COCCOCOc1cc2oc3cc(OCOCCOC)c(F)cc3c(=O)c2cc1F.O=c1c2cc(F)c(O)cc2oc2cc(O)c(F)cc12. The van der Waals surface area contributed by atoms with E-state index in [4.69, 9.17) is 37.3 Å². The van der Waals surface area contributed by atoms with E-state index in [0.29, 0.717) is 13.2 Å². The van der Waals surface area contributed by atoms with Gasteiger partial charge in [-0.1, -0.05) is 0 Å². The molecule has 0 bridgehead atoms. The molecule has 12 nitrogen and oxygen atoms in total.